The Morgan fingerprint density at radius 2 is 0.864 bits per heavy atom. The van der Waals surface area contributed by atoms with Gasteiger partial charge in [-0.25, -0.2) is 9.69 Å². The van der Waals surface area contributed by atoms with Gasteiger partial charge in [0, 0.05) is 50.8 Å². The molecule has 2 saturated carbocycles. The lowest BCUT2D eigenvalue weighted by Gasteiger charge is -2.32. The van der Waals surface area contributed by atoms with E-state index in [1.54, 1.807) is 0 Å². The van der Waals surface area contributed by atoms with Crippen molar-refractivity contribution < 1.29 is 38.1 Å². The van der Waals surface area contributed by atoms with Gasteiger partial charge >= 0.3 is 21.1 Å². The number of fused-ring (bicyclic) bond motifs is 2. The predicted molar refractivity (Wildman–Crippen MR) is 268 cm³/mol. The normalized spacial score (nSPS) is 26.9. The lowest BCUT2D eigenvalue weighted by molar-refractivity contribution is 0.00578. The number of halogens is 1. The van der Waals surface area contributed by atoms with Crippen molar-refractivity contribution >= 4 is 75.7 Å². The Bertz CT molecular complexity index is 2440. The molecule has 4 aromatic rings. The minimum atomic E-state index is -0.476. The van der Waals surface area contributed by atoms with Crippen LogP contribution in [0.1, 0.15) is 158 Å². The lowest BCUT2D eigenvalue weighted by Crippen LogP contribution is -2.41. The fourth-order valence-electron chi connectivity index (χ4n) is 9.44. The molecule has 2 N–H and O–H groups in total. The van der Waals surface area contributed by atoms with E-state index in [1.807, 2.05) is 81.4 Å². The Labute approximate surface area is 402 Å². The molecule has 9 rings (SSSR count). The zero-order valence-electron chi connectivity index (χ0n) is 41.7. The summed E-state index contributed by atoms with van der Waals surface area (Å²) in [5, 5.41) is 21.7. The number of benzene rings is 2. The zero-order chi connectivity index (χ0) is 48.5. The Balaban J connectivity index is 0.000000152. The van der Waals surface area contributed by atoms with Crippen molar-refractivity contribution in [3.8, 4) is 0 Å². The van der Waals surface area contributed by atoms with Gasteiger partial charge in [0.1, 0.15) is 0 Å². The number of nitrogens with zero attached hydrogens (tertiary/aromatic N) is 4. The molecule has 16 heteroatoms. The van der Waals surface area contributed by atoms with Gasteiger partial charge in [-0.2, -0.15) is 0 Å². The van der Waals surface area contributed by atoms with Gasteiger partial charge in [-0.15, -0.1) is 0 Å². The summed E-state index contributed by atoms with van der Waals surface area (Å²) in [6, 6.07) is 8.97. The van der Waals surface area contributed by atoms with Gasteiger partial charge in [0.05, 0.1) is 59.0 Å². The highest BCUT2D eigenvalue weighted by Crippen LogP contribution is 2.44. The second kappa shape index (κ2) is 18.3. The van der Waals surface area contributed by atoms with Crippen molar-refractivity contribution in [2.75, 3.05) is 0 Å². The number of rotatable bonds is 4. The van der Waals surface area contributed by atoms with Gasteiger partial charge in [-0.3, -0.25) is 0 Å². The third-order valence-electron chi connectivity index (χ3n) is 15.9. The molecule has 3 saturated heterocycles. The summed E-state index contributed by atoms with van der Waals surface area (Å²) in [5.41, 5.74) is 4.43. The van der Waals surface area contributed by atoms with E-state index in [-0.39, 0.29) is 34.6 Å². The smallest absolute Gasteiger partial charge is 0.405 e. The maximum Gasteiger partial charge on any atom is 0.496 e. The summed E-state index contributed by atoms with van der Waals surface area (Å²) in [4.78, 5) is 7.28. The second-order valence-electron chi connectivity index (χ2n) is 22.2. The summed E-state index contributed by atoms with van der Waals surface area (Å²) in [7, 11) is -1.41. The minimum absolute atomic E-state index is 0.132. The molecule has 0 spiro atoms. The van der Waals surface area contributed by atoms with E-state index in [0.717, 1.165) is 94.4 Å². The fourth-order valence-corrected chi connectivity index (χ4v) is 9.98. The summed E-state index contributed by atoms with van der Waals surface area (Å²) in [5.74, 6) is 0. The highest BCUT2D eigenvalue weighted by Gasteiger charge is 2.64. The van der Waals surface area contributed by atoms with E-state index in [1.165, 1.54) is 5.52 Å². The molecule has 0 atom stereocenters. The molecule has 354 valence electrons. The highest BCUT2D eigenvalue weighted by atomic mass is 79.9. The Morgan fingerprint density at radius 1 is 0.530 bits per heavy atom. The van der Waals surface area contributed by atoms with Crippen LogP contribution < -0.4 is 5.46 Å². The first-order chi connectivity index (χ1) is 30.6. The maximum atomic E-state index is 9.91. The lowest BCUT2D eigenvalue weighted by atomic mass is 9.49. The molecule has 66 heavy (non-hydrogen) atoms. The number of aryl methyl sites for hydroxylation is 2. The number of aliphatic hydroxyl groups excluding tert-OH is 2. The van der Waals surface area contributed by atoms with Crippen LogP contribution in [-0.2, 0) is 27.9 Å². The standard InChI is InChI=1S/C22H29BN2O3.C16H17BrN2O.C12H24B2O4/c1-14-11-20-17(12-19(14)24-6)18(23-27-21(2,3)22(4,5)28-23)13-25(20)15-7-9-16(26)10-8-15;1-10-7-16-13(8-15(10)18-2)14(17)9-19(16)11-3-5-12(20)6-4-11;1-9(2)10(3,4)16-13(15-9)14-17-11(5,6)12(7,8)18-14/h11-13,15-16,26H,7-10H2,1-5H3;7-9,11-12,20H,3-6H2,1H3;1-8H3. The Morgan fingerprint density at radius 3 is 1.24 bits per heavy atom. The van der Waals surface area contributed by atoms with Crippen molar-refractivity contribution in [1.29, 1.82) is 0 Å². The van der Waals surface area contributed by atoms with E-state index in [0.29, 0.717) is 17.8 Å². The Hall–Kier alpha value is -3.15. The van der Waals surface area contributed by atoms with Crippen molar-refractivity contribution in [3.05, 3.63) is 75.1 Å². The van der Waals surface area contributed by atoms with Crippen LogP contribution in [0, 0.1) is 27.0 Å². The van der Waals surface area contributed by atoms with Crippen molar-refractivity contribution in [2.24, 2.45) is 0 Å². The van der Waals surface area contributed by atoms with Gasteiger partial charge in [-0.1, -0.05) is 0 Å². The predicted octanol–water partition coefficient (Wildman–Crippen LogP) is 11.3. The quantitative estimate of drug-likeness (QED) is 0.154. The molecule has 0 unspecified atom stereocenters. The molecule has 0 amide bonds. The summed E-state index contributed by atoms with van der Waals surface area (Å²) < 4.78 is 42.2. The molecule has 2 aromatic carbocycles. The summed E-state index contributed by atoms with van der Waals surface area (Å²) in [6.45, 7) is 43.2. The molecule has 5 fully saturated rings. The molecule has 2 aliphatic carbocycles. The largest absolute Gasteiger partial charge is 0.496 e. The monoisotopic (exact) mass is 966 g/mol. The highest BCUT2D eigenvalue weighted by molar-refractivity contribution is 9.10. The van der Waals surface area contributed by atoms with Crippen LogP contribution in [0.3, 0.4) is 0 Å². The maximum absolute atomic E-state index is 9.91. The van der Waals surface area contributed by atoms with Crippen molar-refractivity contribution in [3.63, 3.8) is 0 Å². The molecule has 5 aliphatic rings. The minimum Gasteiger partial charge on any atom is -0.405 e. The molecule has 3 aliphatic heterocycles. The van der Waals surface area contributed by atoms with Crippen LogP contribution in [-0.4, -0.2) is 86.3 Å². The third-order valence-corrected chi connectivity index (χ3v) is 16.5. The zero-order valence-corrected chi connectivity index (χ0v) is 43.3. The van der Waals surface area contributed by atoms with E-state index < -0.39 is 32.3 Å². The summed E-state index contributed by atoms with van der Waals surface area (Å²) in [6.07, 6.45) is 11.3. The van der Waals surface area contributed by atoms with Gasteiger partial charge in [-0.05, 0) is 205 Å². The van der Waals surface area contributed by atoms with Gasteiger partial charge in [0.25, 0.3) is 0 Å². The molecular formula is C50H70B3BrN4O8. The van der Waals surface area contributed by atoms with Crippen LogP contribution in [0.15, 0.2) is 41.1 Å². The molecule has 0 bridgehead atoms. The first kappa shape index (κ1) is 50.7. The molecule has 0 radical (unpaired) electrons. The van der Waals surface area contributed by atoms with Crippen molar-refractivity contribution in [1.82, 2.24) is 9.13 Å². The first-order valence-corrected chi connectivity index (χ1v) is 24.5. The topological polar surface area (TPSA) is 114 Å². The third kappa shape index (κ3) is 9.71. The van der Waals surface area contributed by atoms with E-state index in [2.05, 4.69) is 87.0 Å². The number of hydrogen-bond donors (Lipinski definition) is 2. The average molecular weight is 967 g/mol. The number of hydrogen-bond acceptors (Lipinski definition) is 8. The summed E-state index contributed by atoms with van der Waals surface area (Å²) >= 11 is 3.61. The van der Waals surface area contributed by atoms with Crippen LogP contribution in [0.25, 0.3) is 31.5 Å². The van der Waals surface area contributed by atoms with Crippen molar-refractivity contribution in [2.45, 2.75) is 206 Å². The molecular weight excluding hydrogens is 897 g/mol. The van der Waals surface area contributed by atoms with E-state index >= 15 is 0 Å². The van der Waals surface area contributed by atoms with Crippen LogP contribution in [0.4, 0.5) is 11.4 Å². The second-order valence-corrected chi connectivity index (χ2v) is 23.0. The van der Waals surface area contributed by atoms with E-state index in [4.69, 9.17) is 41.1 Å². The van der Waals surface area contributed by atoms with Gasteiger partial charge < -0.3 is 47.3 Å². The molecule has 5 heterocycles. The fraction of sp³-hybridized carbons (Fsp3) is 0.640. The number of aromatic nitrogens is 2. The average Bonchev–Trinajstić information content (AvgIpc) is 3.94. The molecule has 2 aromatic heterocycles. The van der Waals surface area contributed by atoms with E-state index in [9.17, 15) is 10.2 Å². The van der Waals surface area contributed by atoms with Crippen LogP contribution >= 0.6 is 15.9 Å². The van der Waals surface area contributed by atoms with Gasteiger partial charge in [0.2, 0.25) is 0 Å². The first-order valence-electron chi connectivity index (χ1n) is 23.7. The number of aliphatic hydroxyl groups is 2. The SMILES string of the molecule is CC1(C)OB(B2OC(C)(C)C(C)(C)O2)OC1(C)C.[C-]#[N+]c1cc2c(B3OC(C)(C)C(C)(C)O3)cn(C3CCC(O)CC3)c2cc1C.[C-]#[N+]c1cc2c(Br)cn(C3CCC(O)CC3)c2cc1C. The van der Waals surface area contributed by atoms with Crippen LogP contribution in [0.5, 0.6) is 0 Å². The Kier molecular flexibility index (Phi) is 14.1. The molecule has 12 nitrogen and oxygen atoms in total. The van der Waals surface area contributed by atoms with Gasteiger partial charge in [0.15, 0.2) is 11.4 Å². The van der Waals surface area contributed by atoms with Crippen LogP contribution in [0.2, 0.25) is 0 Å².